The number of carbonyl (C=O) groups is 1. The summed E-state index contributed by atoms with van der Waals surface area (Å²) in [4.78, 5) is 18.4. The van der Waals surface area contributed by atoms with E-state index < -0.39 is 0 Å². The number of carbonyl (C=O) groups excluding carboxylic acids is 1. The predicted octanol–water partition coefficient (Wildman–Crippen LogP) is 6.54. The third kappa shape index (κ3) is 6.62. The number of nitrogens with two attached hydrogens (primary N) is 1. The van der Waals surface area contributed by atoms with Gasteiger partial charge in [-0.15, -0.1) is 11.3 Å². The highest BCUT2D eigenvalue weighted by atomic mass is 32.1. The van der Waals surface area contributed by atoms with Crippen molar-refractivity contribution in [2.75, 3.05) is 13.1 Å². The molecule has 0 atom stereocenters. The molecule has 0 aliphatic rings. The molecule has 2 aromatic carbocycles. The first-order valence-corrected chi connectivity index (χ1v) is 12.1. The summed E-state index contributed by atoms with van der Waals surface area (Å²) in [7, 11) is 0. The molecule has 0 aliphatic carbocycles. The van der Waals surface area contributed by atoms with Gasteiger partial charge in [0.05, 0.1) is 10.4 Å². The summed E-state index contributed by atoms with van der Waals surface area (Å²) in [5.74, 6) is -0.0830. The van der Waals surface area contributed by atoms with Gasteiger partial charge in [-0.3, -0.25) is 4.79 Å². The van der Waals surface area contributed by atoms with Gasteiger partial charge in [0.15, 0.2) is 0 Å². The van der Waals surface area contributed by atoms with E-state index in [1.54, 1.807) is 0 Å². The largest absolute Gasteiger partial charge is 0.350 e. The van der Waals surface area contributed by atoms with Crippen molar-refractivity contribution in [1.29, 1.82) is 0 Å². The SMILES string of the molecule is CC.CCC(C)(C)c1ccc2nc3sc(C(=O)NCCN)cc3cc2c1.c1ccccc1. The Balaban J connectivity index is 0.000000387. The average molecular weight is 450 g/mol. The minimum absolute atomic E-state index is 0.0830. The normalized spacial score (nSPS) is 10.7. The zero-order valence-electron chi connectivity index (χ0n) is 19.8. The lowest BCUT2D eigenvalue weighted by Crippen LogP contribution is -2.28. The van der Waals surface area contributed by atoms with Gasteiger partial charge in [0.25, 0.3) is 5.91 Å². The molecular formula is C27H35N3OS. The van der Waals surface area contributed by atoms with E-state index in [0.717, 1.165) is 27.5 Å². The zero-order valence-corrected chi connectivity index (χ0v) is 20.6. The maximum atomic E-state index is 12.1. The monoisotopic (exact) mass is 449 g/mol. The molecular weight excluding hydrogens is 414 g/mol. The first kappa shape index (κ1) is 25.5. The molecule has 1 amide bonds. The van der Waals surface area contributed by atoms with Crippen LogP contribution in [0.4, 0.5) is 0 Å². The number of rotatable bonds is 5. The van der Waals surface area contributed by atoms with Crippen molar-refractivity contribution in [1.82, 2.24) is 10.3 Å². The molecule has 32 heavy (non-hydrogen) atoms. The molecule has 2 heterocycles. The van der Waals surface area contributed by atoms with Crippen LogP contribution >= 0.6 is 11.3 Å². The van der Waals surface area contributed by atoms with Crippen molar-refractivity contribution in [2.45, 2.75) is 46.5 Å². The van der Waals surface area contributed by atoms with E-state index in [4.69, 9.17) is 10.7 Å². The van der Waals surface area contributed by atoms with Crippen molar-refractivity contribution in [3.8, 4) is 0 Å². The van der Waals surface area contributed by atoms with Gasteiger partial charge in [-0.25, -0.2) is 4.98 Å². The van der Waals surface area contributed by atoms with Gasteiger partial charge in [-0.05, 0) is 41.7 Å². The number of fused-ring (bicyclic) bond motifs is 2. The van der Waals surface area contributed by atoms with Gasteiger partial charge in [-0.2, -0.15) is 0 Å². The molecule has 0 radical (unpaired) electrons. The molecule has 0 spiro atoms. The Morgan fingerprint density at radius 2 is 1.62 bits per heavy atom. The fourth-order valence-electron chi connectivity index (χ4n) is 3.03. The molecule has 5 heteroatoms. The minimum atomic E-state index is -0.0830. The third-order valence-corrected chi connectivity index (χ3v) is 6.33. The van der Waals surface area contributed by atoms with Gasteiger partial charge < -0.3 is 11.1 Å². The highest BCUT2D eigenvalue weighted by molar-refractivity contribution is 7.20. The lowest BCUT2D eigenvalue weighted by molar-refractivity contribution is 0.0959. The van der Waals surface area contributed by atoms with Crippen LogP contribution in [0.15, 0.2) is 66.7 Å². The smallest absolute Gasteiger partial charge is 0.261 e. The molecule has 4 aromatic rings. The van der Waals surface area contributed by atoms with Crippen molar-refractivity contribution in [2.24, 2.45) is 5.73 Å². The number of amides is 1. The van der Waals surface area contributed by atoms with Crippen LogP contribution in [0.25, 0.3) is 21.1 Å². The van der Waals surface area contributed by atoms with Crippen LogP contribution < -0.4 is 11.1 Å². The number of nitrogens with one attached hydrogen (secondary N) is 1. The van der Waals surface area contributed by atoms with Crippen LogP contribution in [0.1, 0.15) is 56.3 Å². The first-order valence-electron chi connectivity index (χ1n) is 11.3. The van der Waals surface area contributed by atoms with Crippen LogP contribution in [0.3, 0.4) is 0 Å². The Kier molecular flexibility index (Phi) is 9.82. The molecule has 0 unspecified atom stereocenters. The van der Waals surface area contributed by atoms with E-state index in [0.29, 0.717) is 18.0 Å². The predicted molar refractivity (Wildman–Crippen MR) is 140 cm³/mol. The number of hydrogen-bond acceptors (Lipinski definition) is 4. The van der Waals surface area contributed by atoms with Crippen LogP contribution in [0.2, 0.25) is 0 Å². The van der Waals surface area contributed by atoms with Gasteiger partial charge >= 0.3 is 0 Å². The molecule has 0 saturated heterocycles. The minimum Gasteiger partial charge on any atom is -0.350 e. The van der Waals surface area contributed by atoms with Gasteiger partial charge in [0.2, 0.25) is 0 Å². The number of aromatic nitrogens is 1. The number of pyridine rings is 1. The van der Waals surface area contributed by atoms with Crippen LogP contribution in [-0.2, 0) is 5.41 Å². The molecule has 2 aromatic heterocycles. The van der Waals surface area contributed by atoms with Crippen LogP contribution in [-0.4, -0.2) is 24.0 Å². The standard InChI is InChI=1S/C19H23N3OS.C6H6.C2H6/c1-4-19(2,3)14-5-6-15-12(10-14)9-13-11-16(24-18(13)22-15)17(23)21-8-7-20;1-2-4-6-5-3-1;1-2/h5-6,9-11H,4,7-8,20H2,1-3H3,(H,21,23);1-6H;1-2H3. The number of benzene rings is 2. The van der Waals surface area contributed by atoms with Crippen molar-refractivity contribution >= 4 is 38.4 Å². The Morgan fingerprint density at radius 3 is 2.19 bits per heavy atom. The molecule has 0 bridgehead atoms. The third-order valence-electron chi connectivity index (χ3n) is 5.29. The van der Waals surface area contributed by atoms with Gasteiger partial charge in [-0.1, -0.05) is 77.1 Å². The zero-order chi connectivity index (χ0) is 23.6. The number of nitrogens with zero attached hydrogens (tertiary/aromatic N) is 1. The summed E-state index contributed by atoms with van der Waals surface area (Å²) in [6.07, 6.45) is 1.08. The quantitative estimate of drug-likeness (QED) is 0.363. The lowest BCUT2D eigenvalue weighted by Gasteiger charge is -2.23. The summed E-state index contributed by atoms with van der Waals surface area (Å²) < 4.78 is 0. The second kappa shape index (κ2) is 12.3. The average Bonchev–Trinajstić information content (AvgIpc) is 3.26. The number of thiophene rings is 1. The van der Waals surface area contributed by atoms with E-state index in [1.807, 2.05) is 56.3 Å². The maximum absolute atomic E-state index is 12.1. The van der Waals surface area contributed by atoms with E-state index >= 15 is 0 Å². The van der Waals surface area contributed by atoms with Gasteiger partial charge in [0, 0.05) is 23.9 Å². The fourth-order valence-corrected chi connectivity index (χ4v) is 3.97. The molecule has 0 aliphatic heterocycles. The van der Waals surface area contributed by atoms with E-state index in [9.17, 15) is 4.79 Å². The van der Waals surface area contributed by atoms with Crippen LogP contribution in [0.5, 0.6) is 0 Å². The molecule has 0 fully saturated rings. The molecule has 4 rings (SSSR count). The van der Waals surface area contributed by atoms with Crippen molar-refractivity contribution < 1.29 is 4.79 Å². The lowest BCUT2D eigenvalue weighted by atomic mass is 9.82. The van der Waals surface area contributed by atoms with Crippen molar-refractivity contribution in [3.63, 3.8) is 0 Å². The second-order valence-corrected chi connectivity index (χ2v) is 8.87. The maximum Gasteiger partial charge on any atom is 0.261 e. The van der Waals surface area contributed by atoms with E-state index in [-0.39, 0.29) is 11.3 Å². The Morgan fingerprint density at radius 1 is 1.00 bits per heavy atom. The van der Waals surface area contributed by atoms with E-state index in [2.05, 4.69) is 50.4 Å². The van der Waals surface area contributed by atoms with E-state index in [1.165, 1.54) is 16.9 Å². The van der Waals surface area contributed by atoms with Crippen LogP contribution in [0, 0.1) is 0 Å². The molecule has 3 N–H and O–H groups in total. The first-order chi connectivity index (χ1) is 15.4. The Hall–Kier alpha value is -2.76. The van der Waals surface area contributed by atoms with Gasteiger partial charge in [0.1, 0.15) is 4.83 Å². The summed E-state index contributed by atoms with van der Waals surface area (Å²) in [5, 5.41) is 4.94. The summed E-state index contributed by atoms with van der Waals surface area (Å²) in [6.45, 7) is 11.6. The van der Waals surface area contributed by atoms with Crippen molar-refractivity contribution in [3.05, 3.63) is 77.2 Å². The molecule has 170 valence electrons. The summed E-state index contributed by atoms with van der Waals surface area (Å²) in [5.41, 5.74) is 7.86. The molecule has 4 nitrogen and oxygen atoms in total. The molecule has 0 saturated carbocycles. The Labute approximate surface area is 195 Å². The second-order valence-electron chi connectivity index (χ2n) is 7.84. The topological polar surface area (TPSA) is 68.0 Å². The highest BCUT2D eigenvalue weighted by Crippen LogP contribution is 2.32. The summed E-state index contributed by atoms with van der Waals surface area (Å²) >= 11 is 1.42. The summed E-state index contributed by atoms with van der Waals surface area (Å²) in [6, 6.07) is 22.5. The Bertz CT molecular complexity index is 1090. The highest BCUT2D eigenvalue weighted by Gasteiger charge is 2.19. The fraction of sp³-hybridized carbons (Fsp3) is 0.333. The number of hydrogen-bond donors (Lipinski definition) is 2.